The average molecular weight is 289 g/mol. The summed E-state index contributed by atoms with van der Waals surface area (Å²) in [7, 11) is 0. The van der Waals surface area contributed by atoms with E-state index in [-0.39, 0.29) is 11.9 Å². The molecule has 1 atom stereocenters. The number of hydrogen-bond donors (Lipinski definition) is 2. The van der Waals surface area contributed by atoms with Crippen molar-refractivity contribution in [3.63, 3.8) is 0 Å². The van der Waals surface area contributed by atoms with Gasteiger partial charge in [-0.05, 0) is 12.8 Å². The van der Waals surface area contributed by atoms with Crippen LogP contribution in [0.15, 0.2) is 30.3 Å². The molecular formula is C17H25N2O2+. The predicted molar refractivity (Wildman–Crippen MR) is 81.1 cm³/mol. The van der Waals surface area contributed by atoms with Gasteiger partial charge in [-0.15, -0.1) is 0 Å². The zero-order valence-electron chi connectivity index (χ0n) is 12.5. The maximum atomic E-state index is 12.8. The SMILES string of the molecule is O=C(NC1CCCC1)C(c1ccccc1)[NH+]1CCOCC1. The van der Waals surface area contributed by atoms with Gasteiger partial charge in [-0.2, -0.15) is 0 Å². The first-order chi connectivity index (χ1) is 10.3. The minimum Gasteiger partial charge on any atom is -0.370 e. The summed E-state index contributed by atoms with van der Waals surface area (Å²) >= 11 is 0. The molecule has 2 aliphatic rings. The molecule has 1 saturated heterocycles. The van der Waals surface area contributed by atoms with Crippen molar-refractivity contribution in [3.8, 4) is 0 Å². The van der Waals surface area contributed by atoms with Crippen molar-refractivity contribution in [1.29, 1.82) is 0 Å². The fraction of sp³-hybridized carbons (Fsp3) is 0.588. The lowest BCUT2D eigenvalue weighted by Gasteiger charge is -2.31. The Kier molecular flexibility index (Phi) is 4.88. The number of quaternary nitrogens is 1. The van der Waals surface area contributed by atoms with E-state index in [0.717, 1.165) is 44.7 Å². The number of benzene rings is 1. The van der Waals surface area contributed by atoms with Gasteiger partial charge in [-0.3, -0.25) is 4.79 Å². The average Bonchev–Trinajstić information content (AvgIpc) is 3.02. The monoisotopic (exact) mass is 289 g/mol. The minimum absolute atomic E-state index is 0.101. The number of nitrogens with one attached hydrogen (secondary N) is 2. The summed E-state index contributed by atoms with van der Waals surface area (Å²) in [5.74, 6) is 0.185. The normalized spacial score (nSPS) is 22.1. The molecule has 1 aliphatic heterocycles. The smallest absolute Gasteiger partial charge is 0.283 e. The van der Waals surface area contributed by atoms with Crippen LogP contribution >= 0.6 is 0 Å². The molecule has 4 heteroatoms. The summed E-state index contributed by atoms with van der Waals surface area (Å²) in [5.41, 5.74) is 1.12. The van der Waals surface area contributed by atoms with Gasteiger partial charge >= 0.3 is 0 Å². The Hall–Kier alpha value is -1.39. The molecule has 1 aromatic rings. The lowest BCUT2D eigenvalue weighted by Crippen LogP contribution is -3.15. The molecule has 1 aliphatic carbocycles. The molecule has 1 unspecified atom stereocenters. The van der Waals surface area contributed by atoms with E-state index < -0.39 is 0 Å². The second-order valence-corrected chi connectivity index (χ2v) is 6.10. The molecular weight excluding hydrogens is 264 g/mol. The Morgan fingerprint density at radius 3 is 2.48 bits per heavy atom. The van der Waals surface area contributed by atoms with Crippen molar-refractivity contribution in [2.24, 2.45) is 0 Å². The van der Waals surface area contributed by atoms with Crippen molar-refractivity contribution in [1.82, 2.24) is 5.32 Å². The largest absolute Gasteiger partial charge is 0.370 e. The molecule has 0 spiro atoms. The van der Waals surface area contributed by atoms with Crippen molar-refractivity contribution >= 4 is 5.91 Å². The number of morpholine rings is 1. The highest BCUT2D eigenvalue weighted by molar-refractivity contribution is 5.82. The Balaban J connectivity index is 1.75. The van der Waals surface area contributed by atoms with Gasteiger partial charge in [0, 0.05) is 11.6 Å². The van der Waals surface area contributed by atoms with Crippen molar-refractivity contribution in [3.05, 3.63) is 35.9 Å². The fourth-order valence-corrected chi connectivity index (χ4v) is 3.49. The van der Waals surface area contributed by atoms with Crippen LogP contribution in [0.1, 0.15) is 37.3 Å². The van der Waals surface area contributed by atoms with E-state index in [0.29, 0.717) is 6.04 Å². The Morgan fingerprint density at radius 2 is 1.81 bits per heavy atom. The maximum absolute atomic E-state index is 12.8. The molecule has 2 N–H and O–H groups in total. The molecule has 21 heavy (non-hydrogen) atoms. The van der Waals surface area contributed by atoms with Crippen LogP contribution in [0, 0.1) is 0 Å². The highest BCUT2D eigenvalue weighted by Crippen LogP contribution is 2.19. The number of amides is 1. The highest BCUT2D eigenvalue weighted by Gasteiger charge is 2.34. The third-order valence-electron chi connectivity index (χ3n) is 4.64. The van der Waals surface area contributed by atoms with Crippen LogP contribution in [0.5, 0.6) is 0 Å². The van der Waals surface area contributed by atoms with E-state index in [1.54, 1.807) is 0 Å². The predicted octanol–water partition coefficient (Wildman–Crippen LogP) is 0.702. The molecule has 4 nitrogen and oxygen atoms in total. The summed E-state index contributed by atoms with van der Waals surface area (Å²) in [6, 6.07) is 10.5. The van der Waals surface area contributed by atoms with Crippen LogP contribution in [0.2, 0.25) is 0 Å². The van der Waals surface area contributed by atoms with Crippen molar-refractivity contribution in [2.45, 2.75) is 37.8 Å². The summed E-state index contributed by atoms with van der Waals surface area (Å²) in [5, 5.41) is 3.27. The maximum Gasteiger partial charge on any atom is 0.283 e. The lowest BCUT2D eigenvalue weighted by atomic mass is 10.0. The topological polar surface area (TPSA) is 42.8 Å². The molecule has 0 aromatic heterocycles. The van der Waals surface area contributed by atoms with E-state index in [1.165, 1.54) is 17.7 Å². The molecule has 0 radical (unpaired) electrons. The van der Waals surface area contributed by atoms with Gasteiger partial charge in [-0.25, -0.2) is 0 Å². The van der Waals surface area contributed by atoms with Gasteiger partial charge in [0.1, 0.15) is 13.1 Å². The first-order valence-corrected chi connectivity index (χ1v) is 8.12. The van der Waals surface area contributed by atoms with Crippen molar-refractivity contribution in [2.75, 3.05) is 26.3 Å². The van der Waals surface area contributed by atoms with Crippen molar-refractivity contribution < 1.29 is 14.4 Å². The number of ether oxygens (including phenoxy) is 1. The molecule has 2 fully saturated rings. The number of carbonyl (C=O) groups excluding carboxylic acids is 1. The summed E-state index contributed by atoms with van der Waals surface area (Å²) in [6.07, 6.45) is 4.74. The second-order valence-electron chi connectivity index (χ2n) is 6.10. The van der Waals surface area contributed by atoms with Gasteiger partial charge in [0.05, 0.1) is 13.2 Å². The quantitative estimate of drug-likeness (QED) is 0.857. The van der Waals surface area contributed by atoms with Crippen LogP contribution in [0.25, 0.3) is 0 Å². The van der Waals surface area contributed by atoms with Gasteiger partial charge in [0.2, 0.25) is 0 Å². The van der Waals surface area contributed by atoms with Crippen LogP contribution in [-0.2, 0) is 9.53 Å². The second kappa shape index (κ2) is 7.05. The molecule has 1 heterocycles. The molecule has 0 bridgehead atoms. The Morgan fingerprint density at radius 1 is 1.14 bits per heavy atom. The first kappa shape index (κ1) is 14.5. The molecule has 1 saturated carbocycles. The zero-order chi connectivity index (χ0) is 14.5. The Bertz CT molecular complexity index is 451. The lowest BCUT2D eigenvalue weighted by molar-refractivity contribution is -0.929. The highest BCUT2D eigenvalue weighted by atomic mass is 16.5. The van der Waals surface area contributed by atoms with Gasteiger partial charge < -0.3 is 15.0 Å². The van der Waals surface area contributed by atoms with E-state index in [9.17, 15) is 4.79 Å². The zero-order valence-corrected chi connectivity index (χ0v) is 12.5. The van der Waals surface area contributed by atoms with E-state index in [1.807, 2.05) is 18.2 Å². The number of carbonyl (C=O) groups is 1. The van der Waals surface area contributed by atoms with Crippen LogP contribution in [0.3, 0.4) is 0 Å². The molecule has 1 aromatic carbocycles. The van der Waals surface area contributed by atoms with Crippen LogP contribution < -0.4 is 10.2 Å². The molecule has 3 rings (SSSR count). The van der Waals surface area contributed by atoms with Crippen LogP contribution in [-0.4, -0.2) is 38.3 Å². The van der Waals surface area contributed by atoms with E-state index in [2.05, 4.69) is 17.4 Å². The number of rotatable bonds is 4. The van der Waals surface area contributed by atoms with Gasteiger partial charge in [0.15, 0.2) is 6.04 Å². The minimum atomic E-state index is -0.101. The van der Waals surface area contributed by atoms with Gasteiger partial charge in [0.25, 0.3) is 5.91 Å². The Labute approximate surface area is 126 Å². The first-order valence-electron chi connectivity index (χ1n) is 8.12. The van der Waals surface area contributed by atoms with Crippen LogP contribution in [0.4, 0.5) is 0 Å². The fourth-order valence-electron chi connectivity index (χ4n) is 3.49. The third kappa shape index (κ3) is 3.63. The van der Waals surface area contributed by atoms with Gasteiger partial charge in [-0.1, -0.05) is 43.2 Å². The van der Waals surface area contributed by atoms with E-state index in [4.69, 9.17) is 4.74 Å². The summed E-state index contributed by atoms with van der Waals surface area (Å²) in [4.78, 5) is 14.1. The molecule has 1 amide bonds. The standard InChI is InChI=1S/C17H24N2O2/c20-17(18-15-8-4-5-9-15)16(14-6-2-1-3-7-14)19-10-12-21-13-11-19/h1-3,6-7,15-16H,4-5,8-13H2,(H,18,20)/p+1. The number of hydrogen-bond acceptors (Lipinski definition) is 2. The molecule has 114 valence electrons. The van der Waals surface area contributed by atoms with E-state index >= 15 is 0 Å². The summed E-state index contributed by atoms with van der Waals surface area (Å²) < 4.78 is 5.45. The third-order valence-corrected chi connectivity index (χ3v) is 4.64. The summed E-state index contributed by atoms with van der Waals surface area (Å²) in [6.45, 7) is 3.29.